The highest BCUT2D eigenvalue weighted by Crippen LogP contribution is 2.42. The first-order valence-electron chi connectivity index (χ1n) is 9.29. The Kier molecular flexibility index (Phi) is 6.97. The van der Waals surface area contributed by atoms with Gasteiger partial charge in [-0.15, -0.1) is 0 Å². The van der Waals surface area contributed by atoms with Gasteiger partial charge in [-0.2, -0.15) is 0 Å². The minimum absolute atomic E-state index is 0.201. The molecule has 2 aromatic rings. The average molecular weight is 442 g/mol. The second-order valence-corrected chi connectivity index (χ2v) is 8.09. The number of halogens is 3. The SMILES string of the molecule is Cc1c(Cl)c(C)c(Cl)c(OCC(=O)Nc2ccc(N3CCCCC3)cc2)c1Cl. The summed E-state index contributed by atoms with van der Waals surface area (Å²) in [6, 6.07) is 7.86. The Morgan fingerprint density at radius 2 is 1.54 bits per heavy atom. The van der Waals surface area contributed by atoms with E-state index >= 15 is 0 Å². The van der Waals surface area contributed by atoms with E-state index in [-0.39, 0.29) is 18.3 Å². The molecule has 2 aromatic carbocycles. The molecule has 4 nitrogen and oxygen atoms in total. The highest BCUT2D eigenvalue weighted by molar-refractivity contribution is 6.42. The molecule has 0 saturated carbocycles. The van der Waals surface area contributed by atoms with Crippen LogP contribution in [0.3, 0.4) is 0 Å². The van der Waals surface area contributed by atoms with E-state index in [0.29, 0.717) is 26.2 Å². The van der Waals surface area contributed by atoms with Crippen LogP contribution in [0.15, 0.2) is 24.3 Å². The van der Waals surface area contributed by atoms with Crippen LogP contribution >= 0.6 is 34.8 Å². The fourth-order valence-electron chi connectivity index (χ4n) is 3.28. The number of amides is 1. The van der Waals surface area contributed by atoms with E-state index in [1.807, 2.05) is 24.3 Å². The predicted molar refractivity (Wildman–Crippen MR) is 118 cm³/mol. The first-order valence-corrected chi connectivity index (χ1v) is 10.4. The summed E-state index contributed by atoms with van der Waals surface area (Å²) in [5.41, 5.74) is 3.25. The average Bonchev–Trinajstić information content (AvgIpc) is 2.72. The van der Waals surface area contributed by atoms with Crippen molar-refractivity contribution < 1.29 is 9.53 Å². The summed E-state index contributed by atoms with van der Waals surface area (Å²) in [5, 5.41) is 3.97. The van der Waals surface area contributed by atoms with Crippen LogP contribution in [0, 0.1) is 13.8 Å². The Morgan fingerprint density at radius 1 is 0.964 bits per heavy atom. The van der Waals surface area contributed by atoms with Crippen LogP contribution in [-0.4, -0.2) is 25.6 Å². The van der Waals surface area contributed by atoms with Crippen LogP contribution in [0.25, 0.3) is 0 Å². The highest BCUT2D eigenvalue weighted by atomic mass is 35.5. The molecule has 150 valence electrons. The maximum atomic E-state index is 12.3. The summed E-state index contributed by atoms with van der Waals surface area (Å²) >= 11 is 18.8. The quantitative estimate of drug-likeness (QED) is 0.594. The van der Waals surface area contributed by atoms with Crippen LogP contribution in [-0.2, 0) is 4.79 Å². The molecule has 0 aliphatic carbocycles. The van der Waals surface area contributed by atoms with E-state index in [2.05, 4.69) is 10.2 Å². The number of rotatable bonds is 5. The first kappa shape index (κ1) is 21.1. The van der Waals surface area contributed by atoms with Gasteiger partial charge in [-0.05, 0) is 68.5 Å². The maximum Gasteiger partial charge on any atom is 0.262 e. The summed E-state index contributed by atoms with van der Waals surface area (Å²) in [6.07, 6.45) is 3.75. The molecule has 0 spiro atoms. The van der Waals surface area contributed by atoms with E-state index in [1.54, 1.807) is 13.8 Å². The minimum atomic E-state index is -0.289. The number of anilines is 2. The fraction of sp³-hybridized carbons (Fsp3) is 0.381. The van der Waals surface area contributed by atoms with Gasteiger partial charge in [0.1, 0.15) is 0 Å². The molecule has 1 fully saturated rings. The number of carbonyl (C=O) groups is 1. The lowest BCUT2D eigenvalue weighted by atomic mass is 10.1. The van der Waals surface area contributed by atoms with Gasteiger partial charge in [-0.25, -0.2) is 0 Å². The second kappa shape index (κ2) is 9.25. The van der Waals surface area contributed by atoms with Gasteiger partial charge < -0.3 is 15.0 Å². The molecule has 1 aliphatic heterocycles. The molecule has 28 heavy (non-hydrogen) atoms. The molecule has 0 unspecified atom stereocenters. The van der Waals surface area contributed by atoms with Crippen molar-refractivity contribution in [2.75, 3.05) is 29.9 Å². The van der Waals surface area contributed by atoms with E-state index in [1.165, 1.54) is 24.9 Å². The summed E-state index contributed by atoms with van der Waals surface area (Å²) < 4.78 is 5.59. The molecule has 1 saturated heterocycles. The summed E-state index contributed by atoms with van der Waals surface area (Å²) in [5.74, 6) is -0.0126. The zero-order valence-corrected chi connectivity index (χ0v) is 18.2. The molecule has 0 bridgehead atoms. The molecule has 7 heteroatoms. The molecule has 1 amide bonds. The number of hydrogen-bond donors (Lipinski definition) is 1. The lowest BCUT2D eigenvalue weighted by Crippen LogP contribution is -2.29. The molecule has 1 N–H and O–H groups in total. The highest BCUT2D eigenvalue weighted by Gasteiger charge is 2.19. The van der Waals surface area contributed by atoms with Gasteiger partial charge in [0.05, 0.1) is 10.0 Å². The van der Waals surface area contributed by atoms with Crippen molar-refractivity contribution in [3.63, 3.8) is 0 Å². The maximum absolute atomic E-state index is 12.3. The van der Waals surface area contributed by atoms with Crippen LogP contribution in [0.4, 0.5) is 11.4 Å². The van der Waals surface area contributed by atoms with Crippen molar-refractivity contribution >= 4 is 52.1 Å². The molecule has 1 heterocycles. The normalized spacial score (nSPS) is 14.1. The number of ether oxygens (including phenoxy) is 1. The van der Waals surface area contributed by atoms with Crippen molar-refractivity contribution in [3.8, 4) is 5.75 Å². The fourth-order valence-corrected chi connectivity index (χ4v) is 4.10. The third-order valence-corrected chi connectivity index (χ3v) is 6.41. The van der Waals surface area contributed by atoms with Crippen molar-refractivity contribution in [2.24, 2.45) is 0 Å². The van der Waals surface area contributed by atoms with Crippen LogP contribution in [0.5, 0.6) is 5.75 Å². The lowest BCUT2D eigenvalue weighted by Gasteiger charge is -2.28. The zero-order valence-electron chi connectivity index (χ0n) is 15.9. The van der Waals surface area contributed by atoms with Gasteiger partial charge >= 0.3 is 0 Å². The Balaban J connectivity index is 1.60. The van der Waals surface area contributed by atoms with E-state index in [9.17, 15) is 4.79 Å². The van der Waals surface area contributed by atoms with Crippen molar-refractivity contribution in [2.45, 2.75) is 33.1 Å². The summed E-state index contributed by atoms with van der Waals surface area (Å²) in [4.78, 5) is 14.6. The van der Waals surface area contributed by atoms with Crippen LogP contribution in [0.2, 0.25) is 15.1 Å². The topological polar surface area (TPSA) is 41.6 Å². The molecular weight excluding hydrogens is 419 g/mol. The minimum Gasteiger partial charge on any atom is -0.481 e. The molecule has 0 radical (unpaired) electrons. The van der Waals surface area contributed by atoms with Gasteiger partial charge in [-0.3, -0.25) is 4.79 Å². The van der Waals surface area contributed by atoms with E-state index < -0.39 is 0 Å². The number of piperidine rings is 1. The Labute approximate surface area is 180 Å². The third kappa shape index (κ3) is 4.68. The van der Waals surface area contributed by atoms with Gasteiger partial charge in [0, 0.05) is 29.5 Å². The lowest BCUT2D eigenvalue weighted by molar-refractivity contribution is -0.118. The van der Waals surface area contributed by atoms with Gasteiger partial charge in [0.2, 0.25) is 0 Å². The van der Waals surface area contributed by atoms with Crippen LogP contribution in [0.1, 0.15) is 30.4 Å². The zero-order chi connectivity index (χ0) is 20.3. The smallest absolute Gasteiger partial charge is 0.262 e. The Bertz CT molecular complexity index is 834. The third-order valence-electron chi connectivity index (χ3n) is 4.94. The first-order chi connectivity index (χ1) is 13.4. The van der Waals surface area contributed by atoms with Gasteiger partial charge in [-0.1, -0.05) is 34.8 Å². The number of nitrogens with zero attached hydrogens (tertiary/aromatic N) is 1. The van der Waals surface area contributed by atoms with Crippen molar-refractivity contribution in [3.05, 3.63) is 50.5 Å². The van der Waals surface area contributed by atoms with Crippen LogP contribution < -0.4 is 15.0 Å². The molecular formula is C21H23Cl3N2O2. The number of nitrogens with one attached hydrogen (secondary N) is 1. The monoisotopic (exact) mass is 440 g/mol. The number of hydrogen-bond acceptors (Lipinski definition) is 3. The summed E-state index contributed by atoms with van der Waals surface area (Å²) in [6.45, 7) is 5.53. The Hall–Kier alpha value is -1.62. The standard InChI is InChI=1S/C21H23Cl3N2O2/c1-13-18(22)14(2)20(24)21(19(13)23)28-12-17(27)25-15-6-8-16(9-7-15)26-10-4-3-5-11-26/h6-9H,3-5,10-12H2,1-2H3,(H,25,27). The van der Waals surface area contributed by atoms with E-state index in [0.717, 1.165) is 18.8 Å². The predicted octanol–water partition coefficient (Wildman–Crippen LogP) is 6.27. The van der Waals surface area contributed by atoms with Crippen molar-refractivity contribution in [1.82, 2.24) is 0 Å². The van der Waals surface area contributed by atoms with E-state index in [4.69, 9.17) is 39.5 Å². The number of benzene rings is 2. The molecule has 1 aliphatic rings. The number of carbonyl (C=O) groups excluding carboxylic acids is 1. The molecule has 0 atom stereocenters. The summed E-state index contributed by atoms with van der Waals surface area (Å²) in [7, 11) is 0. The largest absolute Gasteiger partial charge is 0.481 e. The molecule has 0 aromatic heterocycles. The van der Waals surface area contributed by atoms with Crippen molar-refractivity contribution in [1.29, 1.82) is 0 Å². The molecule has 3 rings (SSSR count). The van der Waals surface area contributed by atoms with Gasteiger partial charge in [0.25, 0.3) is 5.91 Å². The Morgan fingerprint density at radius 3 is 2.11 bits per heavy atom. The van der Waals surface area contributed by atoms with Gasteiger partial charge in [0.15, 0.2) is 12.4 Å². The second-order valence-electron chi connectivity index (χ2n) is 6.95.